The molecule has 2 atom stereocenters. The van der Waals surface area contributed by atoms with Gasteiger partial charge in [-0.05, 0) is 30.7 Å². The minimum Gasteiger partial charge on any atom is -0.335 e. The third-order valence-corrected chi connectivity index (χ3v) is 6.37. The van der Waals surface area contributed by atoms with Crippen molar-refractivity contribution in [3.05, 3.63) is 30.1 Å². The Morgan fingerprint density at radius 1 is 1.15 bits per heavy atom. The van der Waals surface area contributed by atoms with Gasteiger partial charge in [0.15, 0.2) is 21.5 Å². The van der Waals surface area contributed by atoms with Gasteiger partial charge in [0.05, 0.1) is 4.90 Å². The molecule has 1 aromatic carbocycles. The topological polar surface area (TPSA) is 88.1 Å². The Labute approximate surface area is 172 Å². The van der Waals surface area contributed by atoms with Crippen LogP contribution in [0.15, 0.2) is 29.2 Å². The second kappa shape index (κ2) is 6.70. The molecule has 7 nitrogen and oxygen atoms in total. The maximum atomic E-state index is 11.7. The van der Waals surface area contributed by atoms with Crippen molar-refractivity contribution in [1.29, 1.82) is 0 Å². The van der Waals surface area contributed by atoms with Crippen LogP contribution in [0, 0.1) is 0 Å². The van der Waals surface area contributed by atoms with Crippen LogP contribution in [0.2, 0.25) is 0 Å². The predicted octanol–water partition coefficient (Wildman–Crippen LogP) is 2.32. The molecular weight excluding hydrogens is 433 g/mol. The summed E-state index contributed by atoms with van der Waals surface area (Å²) in [7, 11) is -3.29. The zero-order chi connectivity index (χ0) is 19.4. The fourth-order valence-electron chi connectivity index (χ4n) is 3.41. The number of alkyl halides is 3. The first-order valence-electron chi connectivity index (χ1n) is 8.25. The third-order valence-electron chi connectivity index (χ3n) is 4.73. The summed E-state index contributed by atoms with van der Waals surface area (Å²) in [5, 5.41) is 3.42. The van der Waals surface area contributed by atoms with Gasteiger partial charge in [0.25, 0.3) is 0 Å². The number of hydrogen-bond acceptors (Lipinski definition) is 7. The molecule has 2 aromatic rings. The first-order chi connectivity index (χ1) is 12.6. The van der Waals surface area contributed by atoms with Crippen LogP contribution in [-0.4, -0.2) is 54.8 Å². The number of piperazine rings is 1. The van der Waals surface area contributed by atoms with Gasteiger partial charge in [-0.1, -0.05) is 34.8 Å². The van der Waals surface area contributed by atoms with Gasteiger partial charge in [0, 0.05) is 37.0 Å². The molecule has 3 heterocycles. The Hall–Kier alpha value is -1.19. The predicted molar refractivity (Wildman–Crippen MR) is 105 cm³/mol. The van der Waals surface area contributed by atoms with Crippen molar-refractivity contribution >= 4 is 50.6 Å². The van der Waals surface area contributed by atoms with Gasteiger partial charge in [-0.2, -0.15) is 9.97 Å². The summed E-state index contributed by atoms with van der Waals surface area (Å²) in [6, 6.07) is 6.97. The summed E-state index contributed by atoms with van der Waals surface area (Å²) in [5.41, 5.74) is 0.615. The summed E-state index contributed by atoms with van der Waals surface area (Å²) in [5.74, 6) is 0.829. The van der Waals surface area contributed by atoms with Crippen molar-refractivity contribution < 1.29 is 8.42 Å². The molecule has 2 aliphatic rings. The molecule has 2 fully saturated rings. The van der Waals surface area contributed by atoms with Crippen LogP contribution >= 0.6 is 34.8 Å². The van der Waals surface area contributed by atoms with Crippen molar-refractivity contribution in [2.24, 2.45) is 0 Å². The standard InChI is InChI=1S/C16H16Cl3N5O2S/c1-27(25,26)12-4-2-9(3-5-12)13-21-14(16(17,18)19)23-15(22-13)24-8-10-6-11(24)7-20-10/h2-5,10-11,20H,6-8H2,1H3. The number of halogens is 3. The van der Waals surface area contributed by atoms with Crippen LogP contribution in [0.3, 0.4) is 0 Å². The first-order valence-corrected chi connectivity index (χ1v) is 11.3. The number of anilines is 1. The quantitative estimate of drug-likeness (QED) is 0.721. The highest BCUT2D eigenvalue weighted by molar-refractivity contribution is 7.90. The lowest BCUT2D eigenvalue weighted by Gasteiger charge is -2.28. The van der Waals surface area contributed by atoms with Gasteiger partial charge in [-0.15, -0.1) is 0 Å². The summed E-state index contributed by atoms with van der Waals surface area (Å²) >= 11 is 18.1. The molecule has 0 aliphatic carbocycles. The smallest absolute Gasteiger partial charge is 0.250 e. The Morgan fingerprint density at radius 2 is 1.85 bits per heavy atom. The van der Waals surface area contributed by atoms with E-state index in [0.717, 1.165) is 25.8 Å². The van der Waals surface area contributed by atoms with E-state index in [1.807, 2.05) is 0 Å². The molecule has 0 amide bonds. The van der Waals surface area contributed by atoms with Gasteiger partial charge in [0.1, 0.15) is 0 Å². The number of rotatable bonds is 3. The lowest BCUT2D eigenvalue weighted by Crippen LogP contribution is -2.44. The zero-order valence-corrected chi connectivity index (χ0v) is 17.3. The average Bonchev–Trinajstić information content (AvgIpc) is 3.23. The Morgan fingerprint density at radius 3 is 2.37 bits per heavy atom. The van der Waals surface area contributed by atoms with E-state index < -0.39 is 13.6 Å². The van der Waals surface area contributed by atoms with E-state index in [1.165, 1.54) is 12.1 Å². The fraction of sp³-hybridized carbons (Fsp3) is 0.438. The van der Waals surface area contributed by atoms with E-state index >= 15 is 0 Å². The van der Waals surface area contributed by atoms with E-state index in [4.69, 9.17) is 34.8 Å². The largest absolute Gasteiger partial charge is 0.335 e. The number of fused-ring (bicyclic) bond motifs is 2. The van der Waals surface area contributed by atoms with E-state index in [2.05, 4.69) is 25.2 Å². The third kappa shape index (κ3) is 3.86. The monoisotopic (exact) mass is 447 g/mol. The van der Waals surface area contributed by atoms with Gasteiger partial charge < -0.3 is 10.2 Å². The molecule has 2 bridgehead atoms. The fourth-order valence-corrected chi connectivity index (χ4v) is 4.29. The highest BCUT2D eigenvalue weighted by atomic mass is 35.6. The maximum Gasteiger partial charge on any atom is 0.250 e. The van der Waals surface area contributed by atoms with Crippen molar-refractivity contribution in [1.82, 2.24) is 20.3 Å². The second-order valence-electron chi connectivity index (χ2n) is 6.72. The number of benzene rings is 1. The summed E-state index contributed by atoms with van der Waals surface area (Å²) in [6.45, 7) is 1.64. The summed E-state index contributed by atoms with van der Waals surface area (Å²) in [6.07, 6.45) is 2.17. The van der Waals surface area contributed by atoms with Crippen LogP contribution in [0.1, 0.15) is 12.2 Å². The summed E-state index contributed by atoms with van der Waals surface area (Å²) < 4.78 is 21.5. The zero-order valence-electron chi connectivity index (χ0n) is 14.2. The second-order valence-corrected chi connectivity index (χ2v) is 11.0. The average molecular weight is 449 g/mol. The minimum atomic E-state index is -3.29. The molecule has 2 aliphatic heterocycles. The van der Waals surface area contributed by atoms with E-state index in [-0.39, 0.29) is 10.7 Å². The SMILES string of the molecule is CS(=O)(=O)c1ccc(-c2nc(N3CC4CC3CN4)nc(C(Cl)(Cl)Cl)n2)cc1. The lowest BCUT2D eigenvalue weighted by atomic mass is 10.2. The van der Waals surface area contributed by atoms with E-state index in [9.17, 15) is 8.42 Å². The summed E-state index contributed by atoms with van der Waals surface area (Å²) in [4.78, 5) is 15.5. The van der Waals surface area contributed by atoms with Gasteiger partial charge in [0.2, 0.25) is 9.74 Å². The molecule has 27 heavy (non-hydrogen) atoms. The van der Waals surface area contributed by atoms with Gasteiger partial charge in [-0.3, -0.25) is 0 Å². The molecule has 0 radical (unpaired) electrons. The van der Waals surface area contributed by atoms with E-state index in [1.54, 1.807) is 12.1 Å². The minimum absolute atomic E-state index is 0.0374. The maximum absolute atomic E-state index is 11.7. The molecule has 1 aromatic heterocycles. The highest BCUT2D eigenvalue weighted by Gasteiger charge is 2.40. The molecular formula is C16H16Cl3N5O2S. The number of aromatic nitrogens is 3. The molecule has 144 valence electrons. The van der Waals surface area contributed by atoms with Crippen LogP contribution in [-0.2, 0) is 13.6 Å². The molecule has 11 heteroatoms. The number of sulfone groups is 1. The first kappa shape index (κ1) is 19.1. The Balaban J connectivity index is 1.77. The molecule has 0 saturated carbocycles. The van der Waals surface area contributed by atoms with Crippen LogP contribution in [0.5, 0.6) is 0 Å². The van der Waals surface area contributed by atoms with Crippen molar-refractivity contribution in [3.63, 3.8) is 0 Å². The van der Waals surface area contributed by atoms with Crippen LogP contribution in [0.25, 0.3) is 11.4 Å². The van der Waals surface area contributed by atoms with Gasteiger partial charge in [-0.25, -0.2) is 13.4 Å². The molecule has 4 rings (SSSR count). The Kier molecular flexibility index (Phi) is 4.75. The van der Waals surface area contributed by atoms with E-state index in [0.29, 0.717) is 29.4 Å². The molecule has 2 unspecified atom stereocenters. The number of hydrogen-bond donors (Lipinski definition) is 1. The van der Waals surface area contributed by atoms with Crippen LogP contribution < -0.4 is 10.2 Å². The molecule has 2 saturated heterocycles. The van der Waals surface area contributed by atoms with Crippen molar-refractivity contribution in [3.8, 4) is 11.4 Å². The number of nitrogens with zero attached hydrogens (tertiary/aromatic N) is 4. The molecule has 0 spiro atoms. The van der Waals surface area contributed by atoms with Crippen molar-refractivity contribution in [2.75, 3.05) is 24.2 Å². The number of nitrogens with one attached hydrogen (secondary N) is 1. The highest BCUT2D eigenvalue weighted by Crippen LogP contribution is 2.38. The van der Waals surface area contributed by atoms with Crippen LogP contribution in [0.4, 0.5) is 5.95 Å². The van der Waals surface area contributed by atoms with Crippen molar-refractivity contribution in [2.45, 2.75) is 27.2 Å². The Bertz CT molecular complexity index is 979. The lowest BCUT2D eigenvalue weighted by molar-refractivity contribution is 0.570. The molecule has 1 N–H and O–H groups in total. The normalized spacial score (nSPS) is 22.4. The van der Waals surface area contributed by atoms with Gasteiger partial charge >= 0.3 is 0 Å².